The van der Waals surface area contributed by atoms with E-state index in [0.717, 1.165) is 0 Å². The molecule has 2 amide bonds. The van der Waals surface area contributed by atoms with Crippen LogP contribution in [-0.2, 0) is 19.1 Å². The summed E-state index contributed by atoms with van der Waals surface area (Å²) in [6.45, 7) is 3.79. The van der Waals surface area contributed by atoms with Gasteiger partial charge in [0.15, 0.2) is 11.5 Å². The number of rotatable bonds is 8. The number of urea groups is 1. The van der Waals surface area contributed by atoms with Crippen molar-refractivity contribution in [2.24, 2.45) is 5.92 Å². The summed E-state index contributed by atoms with van der Waals surface area (Å²) >= 11 is 0. The third-order valence-electron chi connectivity index (χ3n) is 5.89. The Kier molecular flexibility index (Phi) is 8.16. The highest BCUT2D eigenvalue weighted by Crippen LogP contribution is 2.34. The Hall–Kier alpha value is -3.27. The summed E-state index contributed by atoms with van der Waals surface area (Å²) < 4.78 is 20.8. The van der Waals surface area contributed by atoms with E-state index in [-0.39, 0.29) is 11.9 Å². The zero-order chi connectivity index (χ0) is 24.0. The van der Waals surface area contributed by atoms with E-state index in [0.29, 0.717) is 67.4 Å². The first-order valence-corrected chi connectivity index (χ1v) is 10.9. The number of benzene rings is 1. The molecule has 2 aliphatic rings. The molecule has 1 fully saturated rings. The molecule has 0 aromatic heterocycles. The van der Waals surface area contributed by atoms with Gasteiger partial charge in [-0.1, -0.05) is 6.07 Å². The minimum Gasteiger partial charge on any atom is -0.493 e. The second-order valence-electron chi connectivity index (χ2n) is 7.83. The van der Waals surface area contributed by atoms with Crippen molar-refractivity contribution in [3.63, 3.8) is 0 Å². The molecule has 1 saturated heterocycles. The number of piperidine rings is 1. The molecule has 33 heavy (non-hydrogen) atoms. The number of methoxy groups -OCH3 is 3. The van der Waals surface area contributed by atoms with Gasteiger partial charge in [-0.2, -0.15) is 0 Å². The van der Waals surface area contributed by atoms with E-state index in [1.165, 1.54) is 21.3 Å². The summed E-state index contributed by atoms with van der Waals surface area (Å²) in [6.07, 6.45) is 1.32. The maximum Gasteiger partial charge on any atom is 0.338 e. The van der Waals surface area contributed by atoms with Crippen LogP contribution < -0.4 is 20.1 Å². The molecule has 2 N–H and O–H groups in total. The standard InChI is InChI=1S/C23H31N3O7/c1-5-33-21(27)14-8-10-26(11-9-14)13-16-19(22(28)32-4)20(25-23(29)24-16)15-6-7-17(30-2)18(12-15)31-3/h6-7,12,14,20H,5,8-11,13H2,1-4H3,(H2,24,25,29)/t20-/m1/s1. The van der Waals surface area contributed by atoms with Gasteiger partial charge in [-0.15, -0.1) is 0 Å². The molecule has 0 radical (unpaired) electrons. The van der Waals surface area contributed by atoms with Crippen molar-refractivity contribution in [3.8, 4) is 11.5 Å². The summed E-state index contributed by atoms with van der Waals surface area (Å²) in [4.78, 5) is 39.4. The van der Waals surface area contributed by atoms with Gasteiger partial charge in [0.2, 0.25) is 0 Å². The van der Waals surface area contributed by atoms with Crippen molar-refractivity contribution in [3.05, 3.63) is 35.0 Å². The van der Waals surface area contributed by atoms with E-state index in [4.69, 9.17) is 18.9 Å². The van der Waals surface area contributed by atoms with Crippen LogP contribution in [0.5, 0.6) is 11.5 Å². The zero-order valence-corrected chi connectivity index (χ0v) is 19.4. The number of carbonyl (C=O) groups is 3. The Labute approximate surface area is 193 Å². The average Bonchev–Trinajstić information content (AvgIpc) is 2.83. The molecule has 0 saturated carbocycles. The lowest BCUT2D eigenvalue weighted by molar-refractivity contribution is -0.149. The number of hydrogen-bond acceptors (Lipinski definition) is 8. The van der Waals surface area contributed by atoms with E-state index >= 15 is 0 Å². The minimum absolute atomic E-state index is 0.127. The van der Waals surface area contributed by atoms with Crippen molar-refractivity contribution in [2.45, 2.75) is 25.8 Å². The number of ether oxygens (including phenoxy) is 4. The molecule has 0 spiro atoms. The summed E-state index contributed by atoms with van der Waals surface area (Å²) in [5, 5.41) is 5.58. The number of likely N-dealkylation sites (tertiary alicyclic amines) is 1. The molecule has 2 heterocycles. The van der Waals surface area contributed by atoms with Crippen LogP contribution in [0.1, 0.15) is 31.4 Å². The van der Waals surface area contributed by atoms with Crippen LogP contribution in [0.15, 0.2) is 29.5 Å². The lowest BCUT2D eigenvalue weighted by Crippen LogP contribution is -2.49. The van der Waals surface area contributed by atoms with Gasteiger partial charge in [0, 0.05) is 12.2 Å². The molecule has 10 heteroatoms. The first kappa shape index (κ1) is 24.4. The van der Waals surface area contributed by atoms with Gasteiger partial charge in [-0.3, -0.25) is 9.69 Å². The van der Waals surface area contributed by atoms with Gasteiger partial charge in [-0.25, -0.2) is 9.59 Å². The van der Waals surface area contributed by atoms with Gasteiger partial charge in [-0.05, 0) is 50.6 Å². The van der Waals surface area contributed by atoms with Gasteiger partial charge in [0.05, 0.1) is 45.5 Å². The summed E-state index contributed by atoms with van der Waals surface area (Å²) in [6, 6.07) is 4.07. The Bertz CT molecular complexity index is 923. The maximum atomic E-state index is 12.8. The van der Waals surface area contributed by atoms with Gasteiger partial charge >= 0.3 is 18.0 Å². The van der Waals surface area contributed by atoms with E-state index in [1.807, 2.05) is 0 Å². The first-order chi connectivity index (χ1) is 15.9. The van der Waals surface area contributed by atoms with E-state index in [9.17, 15) is 14.4 Å². The summed E-state index contributed by atoms with van der Waals surface area (Å²) in [7, 11) is 4.36. The predicted octanol–water partition coefficient (Wildman–Crippen LogP) is 1.76. The highest BCUT2D eigenvalue weighted by atomic mass is 16.5. The second-order valence-corrected chi connectivity index (χ2v) is 7.83. The molecule has 1 aromatic carbocycles. The van der Waals surface area contributed by atoms with E-state index in [2.05, 4.69) is 15.5 Å². The SMILES string of the molecule is CCOC(=O)C1CCN(CC2=C(C(=O)OC)[C@@H](c3ccc(OC)c(OC)c3)NC(=O)N2)CC1. The Balaban J connectivity index is 1.87. The molecule has 1 aromatic rings. The highest BCUT2D eigenvalue weighted by molar-refractivity contribution is 5.95. The first-order valence-electron chi connectivity index (χ1n) is 10.9. The number of nitrogens with one attached hydrogen (secondary N) is 2. The molecule has 0 unspecified atom stereocenters. The number of nitrogens with zero attached hydrogens (tertiary/aromatic N) is 1. The quantitative estimate of drug-likeness (QED) is 0.563. The number of esters is 2. The molecule has 180 valence electrons. The third kappa shape index (κ3) is 5.57. The van der Waals surface area contributed by atoms with Crippen LogP contribution in [-0.4, -0.2) is 70.4 Å². The average molecular weight is 462 g/mol. The van der Waals surface area contributed by atoms with Crippen LogP contribution in [0.3, 0.4) is 0 Å². The second kappa shape index (κ2) is 11.0. The monoisotopic (exact) mass is 461 g/mol. The van der Waals surface area contributed by atoms with E-state index < -0.39 is 18.0 Å². The fourth-order valence-corrected chi connectivity index (χ4v) is 4.19. The van der Waals surface area contributed by atoms with Crippen molar-refractivity contribution < 1.29 is 33.3 Å². The molecule has 1 atom stereocenters. The van der Waals surface area contributed by atoms with Gasteiger partial charge in [0.25, 0.3) is 0 Å². The van der Waals surface area contributed by atoms with Crippen molar-refractivity contribution >= 4 is 18.0 Å². The van der Waals surface area contributed by atoms with Crippen LogP contribution in [0.25, 0.3) is 0 Å². The largest absolute Gasteiger partial charge is 0.493 e. The number of hydrogen-bond donors (Lipinski definition) is 2. The minimum atomic E-state index is -0.724. The predicted molar refractivity (Wildman–Crippen MR) is 119 cm³/mol. The van der Waals surface area contributed by atoms with Crippen molar-refractivity contribution in [1.82, 2.24) is 15.5 Å². The Morgan fingerprint density at radius 3 is 2.39 bits per heavy atom. The fraction of sp³-hybridized carbons (Fsp3) is 0.522. The lowest BCUT2D eigenvalue weighted by atomic mass is 9.93. The molecule has 0 aliphatic carbocycles. The molecule has 3 rings (SSSR count). The zero-order valence-electron chi connectivity index (χ0n) is 19.4. The number of amides is 2. The number of carbonyl (C=O) groups excluding carboxylic acids is 3. The topological polar surface area (TPSA) is 115 Å². The molecule has 0 bridgehead atoms. The molecular weight excluding hydrogens is 430 g/mol. The highest BCUT2D eigenvalue weighted by Gasteiger charge is 2.35. The van der Waals surface area contributed by atoms with Gasteiger partial charge < -0.3 is 29.6 Å². The van der Waals surface area contributed by atoms with Crippen LogP contribution in [0.2, 0.25) is 0 Å². The van der Waals surface area contributed by atoms with Crippen LogP contribution in [0.4, 0.5) is 4.79 Å². The Morgan fingerprint density at radius 2 is 1.79 bits per heavy atom. The van der Waals surface area contributed by atoms with Crippen LogP contribution in [0, 0.1) is 5.92 Å². The van der Waals surface area contributed by atoms with Crippen LogP contribution >= 0.6 is 0 Å². The molecule has 2 aliphatic heterocycles. The van der Waals surface area contributed by atoms with E-state index in [1.54, 1.807) is 25.1 Å². The van der Waals surface area contributed by atoms with Crippen molar-refractivity contribution in [2.75, 3.05) is 47.6 Å². The normalized spacial score (nSPS) is 19.4. The van der Waals surface area contributed by atoms with Crippen molar-refractivity contribution in [1.29, 1.82) is 0 Å². The molecule has 10 nitrogen and oxygen atoms in total. The third-order valence-corrected chi connectivity index (χ3v) is 5.89. The smallest absolute Gasteiger partial charge is 0.338 e. The summed E-state index contributed by atoms with van der Waals surface area (Å²) in [5.41, 5.74) is 1.44. The Morgan fingerprint density at radius 1 is 1.09 bits per heavy atom. The fourth-order valence-electron chi connectivity index (χ4n) is 4.19. The lowest BCUT2D eigenvalue weighted by Gasteiger charge is -2.35. The van der Waals surface area contributed by atoms with Gasteiger partial charge in [0.1, 0.15) is 0 Å². The maximum absolute atomic E-state index is 12.8. The summed E-state index contributed by atoms with van der Waals surface area (Å²) in [5.74, 6) is 0.177. The molecular formula is C23H31N3O7.